The normalized spacial score (nSPS) is 11.0. The second-order valence-electron chi connectivity index (χ2n) is 4.05. The number of nitrogens with one attached hydrogen (secondary N) is 1. The SMILES string of the molecule is COc1ccc(C(Br)=NNc2ccc([N+](=O)[O-])cc2)cc1. The number of hydrazone groups is 1. The molecule has 0 saturated heterocycles. The highest BCUT2D eigenvalue weighted by atomic mass is 79.9. The maximum atomic E-state index is 10.6. The van der Waals surface area contributed by atoms with E-state index in [4.69, 9.17) is 4.74 Å². The Morgan fingerprint density at radius 3 is 2.33 bits per heavy atom. The number of methoxy groups -OCH3 is 1. The predicted octanol–water partition coefficient (Wildman–Crippen LogP) is 3.77. The predicted molar refractivity (Wildman–Crippen MR) is 85.2 cm³/mol. The van der Waals surface area contributed by atoms with Crippen molar-refractivity contribution in [2.24, 2.45) is 5.10 Å². The smallest absolute Gasteiger partial charge is 0.269 e. The molecule has 0 spiro atoms. The van der Waals surface area contributed by atoms with Gasteiger partial charge < -0.3 is 4.74 Å². The molecular formula is C14H12BrN3O3. The first-order valence-electron chi connectivity index (χ1n) is 5.98. The van der Waals surface area contributed by atoms with Gasteiger partial charge in [-0.1, -0.05) is 0 Å². The quantitative estimate of drug-likeness (QED) is 0.506. The summed E-state index contributed by atoms with van der Waals surface area (Å²) in [5.41, 5.74) is 4.40. The highest BCUT2D eigenvalue weighted by molar-refractivity contribution is 9.18. The fourth-order valence-corrected chi connectivity index (χ4v) is 1.92. The molecule has 0 heterocycles. The maximum Gasteiger partial charge on any atom is 0.269 e. The van der Waals surface area contributed by atoms with Crippen molar-refractivity contribution in [1.29, 1.82) is 0 Å². The van der Waals surface area contributed by atoms with Crippen molar-refractivity contribution in [1.82, 2.24) is 0 Å². The van der Waals surface area contributed by atoms with Crippen molar-refractivity contribution in [3.8, 4) is 5.75 Å². The van der Waals surface area contributed by atoms with Gasteiger partial charge in [-0.15, -0.1) is 0 Å². The standard InChI is InChI=1S/C14H12BrN3O3/c1-21-13-8-2-10(3-9-13)14(15)17-16-11-4-6-12(7-5-11)18(19)20/h2-9,16H,1H3. The van der Waals surface area contributed by atoms with Crippen molar-refractivity contribution in [3.05, 3.63) is 64.2 Å². The molecule has 0 atom stereocenters. The summed E-state index contributed by atoms with van der Waals surface area (Å²) in [6.07, 6.45) is 0. The molecule has 0 radical (unpaired) electrons. The van der Waals surface area contributed by atoms with E-state index < -0.39 is 4.92 Å². The molecule has 0 unspecified atom stereocenters. The van der Waals surface area contributed by atoms with Gasteiger partial charge in [-0.05, 0) is 52.3 Å². The Labute approximate surface area is 129 Å². The summed E-state index contributed by atoms with van der Waals surface area (Å²) in [5, 5.41) is 14.7. The van der Waals surface area contributed by atoms with Crippen LogP contribution in [0.2, 0.25) is 0 Å². The van der Waals surface area contributed by atoms with E-state index in [-0.39, 0.29) is 5.69 Å². The minimum atomic E-state index is -0.444. The van der Waals surface area contributed by atoms with Crippen molar-refractivity contribution in [3.63, 3.8) is 0 Å². The van der Waals surface area contributed by atoms with Gasteiger partial charge in [-0.3, -0.25) is 15.5 Å². The first kappa shape index (κ1) is 15.0. The molecule has 0 bridgehead atoms. The van der Waals surface area contributed by atoms with Gasteiger partial charge in [0.1, 0.15) is 10.4 Å². The summed E-state index contributed by atoms with van der Waals surface area (Å²) in [5.74, 6) is 0.766. The first-order chi connectivity index (χ1) is 10.1. The third-order valence-corrected chi connectivity index (χ3v) is 3.32. The molecule has 0 amide bonds. The number of halogens is 1. The highest BCUT2D eigenvalue weighted by Crippen LogP contribution is 2.17. The van der Waals surface area contributed by atoms with Crippen molar-refractivity contribution >= 4 is 31.9 Å². The van der Waals surface area contributed by atoms with Gasteiger partial charge in [-0.25, -0.2) is 0 Å². The van der Waals surface area contributed by atoms with Crippen LogP contribution in [0.3, 0.4) is 0 Å². The molecule has 2 aromatic carbocycles. The Morgan fingerprint density at radius 1 is 1.19 bits per heavy atom. The Morgan fingerprint density at radius 2 is 1.81 bits per heavy atom. The lowest BCUT2D eigenvalue weighted by Gasteiger charge is -2.03. The molecule has 0 aliphatic carbocycles. The highest BCUT2D eigenvalue weighted by Gasteiger charge is 2.04. The molecule has 0 saturated carbocycles. The molecule has 2 aromatic rings. The number of non-ortho nitro benzene ring substituents is 1. The van der Waals surface area contributed by atoms with Crippen LogP contribution in [0, 0.1) is 10.1 Å². The van der Waals surface area contributed by atoms with E-state index in [9.17, 15) is 10.1 Å². The summed E-state index contributed by atoms with van der Waals surface area (Å²) >= 11 is 3.37. The number of nitro benzene ring substituents is 1. The van der Waals surface area contributed by atoms with E-state index in [2.05, 4.69) is 26.5 Å². The van der Waals surface area contributed by atoms with Crippen molar-refractivity contribution in [2.75, 3.05) is 12.5 Å². The molecule has 7 heteroatoms. The van der Waals surface area contributed by atoms with Crippen LogP contribution in [0.15, 0.2) is 53.6 Å². The van der Waals surface area contributed by atoms with Crippen LogP contribution in [0.1, 0.15) is 5.56 Å². The zero-order valence-corrected chi connectivity index (χ0v) is 12.7. The van der Waals surface area contributed by atoms with Crippen LogP contribution in [-0.4, -0.2) is 16.7 Å². The molecular weight excluding hydrogens is 338 g/mol. The average Bonchev–Trinajstić information content (AvgIpc) is 2.53. The Kier molecular flexibility index (Phi) is 4.89. The third kappa shape index (κ3) is 4.03. The number of anilines is 1. The number of hydrogen-bond acceptors (Lipinski definition) is 5. The summed E-state index contributed by atoms with van der Waals surface area (Å²) in [6.45, 7) is 0. The minimum Gasteiger partial charge on any atom is -0.497 e. The summed E-state index contributed by atoms with van der Waals surface area (Å²) < 4.78 is 5.70. The van der Waals surface area contributed by atoms with Crippen LogP contribution in [0.25, 0.3) is 0 Å². The molecule has 6 nitrogen and oxygen atoms in total. The van der Waals surface area contributed by atoms with Gasteiger partial charge in [0.15, 0.2) is 0 Å². The molecule has 21 heavy (non-hydrogen) atoms. The summed E-state index contributed by atoms with van der Waals surface area (Å²) in [4.78, 5) is 10.1. The number of hydrogen-bond donors (Lipinski definition) is 1. The molecule has 1 N–H and O–H groups in total. The van der Waals surface area contributed by atoms with E-state index in [1.807, 2.05) is 24.3 Å². The van der Waals surface area contributed by atoms with E-state index >= 15 is 0 Å². The largest absolute Gasteiger partial charge is 0.497 e. The van der Waals surface area contributed by atoms with Crippen molar-refractivity contribution < 1.29 is 9.66 Å². The lowest BCUT2D eigenvalue weighted by Crippen LogP contribution is -1.97. The monoisotopic (exact) mass is 349 g/mol. The summed E-state index contributed by atoms with van der Waals surface area (Å²) in [6, 6.07) is 13.4. The number of nitrogens with zero attached hydrogens (tertiary/aromatic N) is 2. The van der Waals surface area contributed by atoms with E-state index in [1.165, 1.54) is 12.1 Å². The molecule has 0 aromatic heterocycles. The van der Waals surface area contributed by atoms with Crippen molar-refractivity contribution in [2.45, 2.75) is 0 Å². The topological polar surface area (TPSA) is 76.8 Å². The minimum absolute atomic E-state index is 0.0405. The number of nitro groups is 1. The molecule has 0 aliphatic heterocycles. The van der Waals surface area contributed by atoms with Crippen LogP contribution >= 0.6 is 15.9 Å². The first-order valence-corrected chi connectivity index (χ1v) is 6.77. The molecule has 0 aliphatic rings. The van der Waals surface area contributed by atoms with Crippen LogP contribution in [0.5, 0.6) is 5.75 Å². The molecule has 108 valence electrons. The van der Waals surface area contributed by atoms with Crippen LogP contribution < -0.4 is 10.2 Å². The van der Waals surface area contributed by atoms with E-state index in [0.717, 1.165) is 11.3 Å². The number of benzene rings is 2. The maximum absolute atomic E-state index is 10.6. The van der Waals surface area contributed by atoms with E-state index in [0.29, 0.717) is 10.3 Å². The van der Waals surface area contributed by atoms with Crippen LogP contribution in [0.4, 0.5) is 11.4 Å². The molecule has 2 rings (SSSR count). The Bertz CT molecular complexity index is 654. The van der Waals surface area contributed by atoms with Gasteiger partial charge in [0, 0.05) is 17.7 Å². The number of rotatable bonds is 5. The van der Waals surface area contributed by atoms with Gasteiger partial charge >= 0.3 is 0 Å². The third-order valence-electron chi connectivity index (χ3n) is 2.69. The Hall–Kier alpha value is -2.41. The average molecular weight is 350 g/mol. The second kappa shape index (κ2) is 6.85. The second-order valence-corrected chi connectivity index (χ2v) is 4.80. The van der Waals surface area contributed by atoms with Gasteiger partial charge in [0.2, 0.25) is 0 Å². The van der Waals surface area contributed by atoms with Gasteiger partial charge in [0.25, 0.3) is 5.69 Å². The van der Waals surface area contributed by atoms with Gasteiger partial charge in [-0.2, -0.15) is 5.10 Å². The lowest BCUT2D eigenvalue weighted by atomic mass is 10.2. The fourth-order valence-electron chi connectivity index (χ4n) is 1.56. The Balaban J connectivity index is 2.06. The molecule has 0 fully saturated rings. The summed E-state index contributed by atoms with van der Waals surface area (Å²) in [7, 11) is 1.61. The number of ether oxygens (including phenoxy) is 1. The van der Waals surface area contributed by atoms with E-state index in [1.54, 1.807) is 19.2 Å². The lowest BCUT2D eigenvalue weighted by molar-refractivity contribution is -0.384. The van der Waals surface area contributed by atoms with Gasteiger partial charge in [0.05, 0.1) is 17.7 Å². The zero-order valence-electron chi connectivity index (χ0n) is 11.1. The zero-order chi connectivity index (χ0) is 15.2. The fraction of sp³-hybridized carbons (Fsp3) is 0.0714. The van der Waals surface area contributed by atoms with Crippen LogP contribution in [-0.2, 0) is 0 Å².